The zero-order valence-corrected chi connectivity index (χ0v) is 17.5. The van der Waals surface area contributed by atoms with E-state index in [1.165, 1.54) is 0 Å². The van der Waals surface area contributed by atoms with Gasteiger partial charge in [0.05, 0.1) is 15.6 Å². The molecule has 2 aromatic rings. The van der Waals surface area contributed by atoms with Crippen LogP contribution < -0.4 is 0 Å². The second-order valence-corrected chi connectivity index (χ2v) is 7.19. The number of esters is 2. The van der Waals surface area contributed by atoms with E-state index in [1.807, 2.05) is 0 Å². The van der Waals surface area contributed by atoms with E-state index in [0.29, 0.717) is 15.6 Å². The zero-order chi connectivity index (χ0) is 21.3. The molecule has 0 fully saturated rings. The van der Waals surface area contributed by atoms with Gasteiger partial charge in [-0.2, -0.15) is 0 Å². The van der Waals surface area contributed by atoms with Crippen molar-refractivity contribution < 1.29 is 28.5 Å². The first kappa shape index (κ1) is 21.8. The lowest BCUT2D eigenvalue weighted by Crippen LogP contribution is -2.43. The Morgan fingerprint density at radius 3 is 2.20 bits per heavy atom. The Kier molecular flexibility index (Phi) is 7.80. The van der Waals surface area contributed by atoms with E-state index in [2.05, 4.69) is 21.9 Å². The summed E-state index contributed by atoms with van der Waals surface area (Å²) in [5.74, 6) is 1.33. The second-order valence-electron chi connectivity index (χ2n) is 6.27. The number of hydrogen-bond donors (Lipinski definition) is 0. The molecule has 6 nitrogen and oxygen atoms in total. The van der Waals surface area contributed by atoms with Crippen molar-refractivity contribution in [2.75, 3.05) is 13.2 Å². The minimum absolute atomic E-state index is 0.0264. The first-order valence-corrected chi connectivity index (χ1v) is 9.93. The van der Waals surface area contributed by atoms with Crippen LogP contribution in [-0.4, -0.2) is 43.7 Å². The number of hydrogen-bond acceptors (Lipinski definition) is 6. The van der Waals surface area contributed by atoms with Crippen LogP contribution in [0.15, 0.2) is 71.2 Å². The van der Waals surface area contributed by atoms with E-state index in [1.54, 1.807) is 66.7 Å². The molecular formula is C23H19BrO6. The average Bonchev–Trinajstić information content (AvgIpc) is 2.78. The normalized spacial score (nSPS) is 20.5. The average molecular weight is 471 g/mol. The van der Waals surface area contributed by atoms with Crippen molar-refractivity contribution >= 4 is 27.9 Å². The van der Waals surface area contributed by atoms with E-state index < -0.39 is 30.4 Å². The van der Waals surface area contributed by atoms with E-state index in [-0.39, 0.29) is 13.2 Å². The van der Waals surface area contributed by atoms with Gasteiger partial charge in [0.2, 0.25) is 0 Å². The molecule has 2 aromatic carbocycles. The number of ether oxygens (including phenoxy) is 4. The molecule has 30 heavy (non-hydrogen) atoms. The number of benzene rings is 2. The first-order valence-electron chi connectivity index (χ1n) is 9.14. The van der Waals surface area contributed by atoms with Crippen molar-refractivity contribution in [3.63, 3.8) is 0 Å². The van der Waals surface area contributed by atoms with Crippen molar-refractivity contribution in [2.24, 2.45) is 0 Å². The third-order valence-corrected chi connectivity index (χ3v) is 4.81. The molecule has 0 saturated carbocycles. The molecule has 3 rings (SSSR count). The third-order valence-electron chi connectivity index (χ3n) is 4.17. The molecule has 0 N–H and O–H groups in total. The minimum Gasteiger partial charge on any atom is -0.459 e. The molecule has 154 valence electrons. The lowest BCUT2D eigenvalue weighted by molar-refractivity contribution is -0.177. The molecule has 7 heteroatoms. The number of terminal acetylenes is 1. The Morgan fingerprint density at radius 1 is 1.00 bits per heavy atom. The summed E-state index contributed by atoms with van der Waals surface area (Å²) in [6, 6.07) is 17.1. The third kappa shape index (κ3) is 5.80. The topological polar surface area (TPSA) is 71.1 Å². The smallest absolute Gasteiger partial charge is 0.338 e. The molecule has 0 amide bonds. The number of carbonyl (C=O) groups is 2. The van der Waals surface area contributed by atoms with Crippen molar-refractivity contribution in [3.05, 3.63) is 82.3 Å². The van der Waals surface area contributed by atoms with Crippen LogP contribution in [0.3, 0.4) is 0 Å². The molecular weight excluding hydrogens is 452 g/mol. The van der Waals surface area contributed by atoms with Crippen LogP contribution in [0.5, 0.6) is 0 Å². The molecule has 0 saturated heterocycles. The molecule has 0 radical (unpaired) electrons. The van der Waals surface area contributed by atoms with Gasteiger partial charge in [-0.3, -0.25) is 0 Å². The summed E-state index contributed by atoms with van der Waals surface area (Å²) in [4.78, 5) is 24.8. The SMILES string of the molecule is C#CCO[C@H]1O[C@H](COC(=O)c2ccccc2)[C@@H](OC(=O)c2ccccc2)C=C1Br. The quantitative estimate of drug-likeness (QED) is 0.453. The van der Waals surface area contributed by atoms with Gasteiger partial charge in [-0.15, -0.1) is 6.42 Å². The van der Waals surface area contributed by atoms with Gasteiger partial charge in [-0.1, -0.05) is 58.2 Å². The molecule has 3 atom stereocenters. The highest BCUT2D eigenvalue weighted by atomic mass is 79.9. The predicted octanol–water partition coefficient (Wildman–Crippen LogP) is 3.72. The maximum Gasteiger partial charge on any atom is 0.338 e. The van der Waals surface area contributed by atoms with Crippen LogP contribution in [0, 0.1) is 12.3 Å². The molecule has 0 aromatic heterocycles. The van der Waals surface area contributed by atoms with E-state index in [0.717, 1.165) is 0 Å². The summed E-state index contributed by atoms with van der Waals surface area (Å²) in [6.07, 6.45) is 4.50. The van der Waals surface area contributed by atoms with E-state index in [4.69, 9.17) is 25.4 Å². The van der Waals surface area contributed by atoms with E-state index in [9.17, 15) is 9.59 Å². The molecule has 0 bridgehead atoms. The maximum absolute atomic E-state index is 12.5. The Morgan fingerprint density at radius 2 is 1.60 bits per heavy atom. The Balaban J connectivity index is 1.72. The van der Waals surface area contributed by atoms with Gasteiger partial charge in [0.15, 0.2) is 12.4 Å². The Labute approximate surface area is 182 Å². The van der Waals surface area contributed by atoms with Crippen LogP contribution in [-0.2, 0) is 18.9 Å². The van der Waals surface area contributed by atoms with E-state index >= 15 is 0 Å². The van der Waals surface area contributed by atoms with Crippen LogP contribution in [0.1, 0.15) is 20.7 Å². The molecule has 1 aliphatic heterocycles. The van der Waals surface area contributed by atoms with Crippen LogP contribution in [0.2, 0.25) is 0 Å². The highest BCUT2D eigenvalue weighted by molar-refractivity contribution is 9.11. The van der Waals surface area contributed by atoms with Gasteiger partial charge in [-0.25, -0.2) is 9.59 Å². The lowest BCUT2D eigenvalue weighted by Gasteiger charge is -2.33. The molecule has 0 aliphatic carbocycles. The summed E-state index contributed by atoms with van der Waals surface area (Å²) >= 11 is 3.36. The molecule has 1 heterocycles. The van der Waals surface area contributed by atoms with Gasteiger partial charge in [0.25, 0.3) is 0 Å². The minimum atomic E-state index is -0.804. The largest absolute Gasteiger partial charge is 0.459 e. The second kappa shape index (κ2) is 10.7. The monoisotopic (exact) mass is 470 g/mol. The molecule has 0 unspecified atom stereocenters. The number of halogens is 1. The van der Waals surface area contributed by atoms with Crippen molar-refractivity contribution in [1.29, 1.82) is 0 Å². The van der Waals surface area contributed by atoms with Crippen molar-refractivity contribution in [2.45, 2.75) is 18.5 Å². The molecule has 1 aliphatic rings. The van der Waals surface area contributed by atoms with Gasteiger partial charge >= 0.3 is 11.9 Å². The fraction of sp³-hybridized carbons (Fsp3) is 0.217. The van der Waals surface area contributed by atoms with Gasteiger partial charge in [0.1, 0.15) is 19.3 Å². The van der Waals surface area contributed by atoms with Crippen LogP contribution in [0.4, 0.5) is 0 Å². The fourth-order valence-electron chi connectivity index (χ4n) is 2.71. The Hall–Kier alpha value is -2.92. The standard InChI is InChI=1S/C23H19BrO6/c1-2-13-27-23-18(24)14-19(29-22(26)17-11-7-4-8-12-17)20(30-23)15-28-21(25)16-9-5-3-6-10-16/h1,3-12,14,19-20,23H,13,15H2/t19-,20+,23-/m0/s1. The maximum atomic E-state index is 12.5. The zero-order valence-electron chi connectivity index (χ0n) is 15.9. The summed E-state index contributed by atoms with van der Waals surface area (Å²) in [6.45, 7) is -0.119. The highest BCUT2D eigenvalue weighted by Gasteiger charge is 2.35. The van der Waals surface area contributed by atoms with Crippen LogP contribution >= 0.6 is 15.9 Å². The summed E-state index contributed by atoms with van der Waals surface area (Å²) in [7, 11) is 0. The van der Waals surface area contributed by atoms with Crippen LogP contribution in [0.25, 0.3) is 0 Å². The van der Waals surface area contributed by atoms with Gasteiger partial charge < -0.3 is 18.9 Å². The first-order chi connectivity index (χ1) is 14.6. The summed E-state index contributed by atoms with van der Waals surface area (Å²) < 4.78 is 22.8. The van der Waals surface area contributed by atoms with Crippen molar-refractivity contribution in [1.82, 2.24) is 0 Å². The van der Waals surface area contributed by atoms with Gasteiger partial charge in [-0.05, 0) is 30.3 Å². The highest BCUT2D eigenvalue weighted by Crippen LogP contribution is 2.28. The number of rotatable bonds is 7. The Bertz CT molecular complexity index is 935. The summed E-state index contributed by atoms with van der Waals surface area (Å²) in [5.41, 5.74) is 0.802. The lowest BCUT2D eigenvalue weighted by atomic mass is 10.1. The molecule has 0 spiro atoms. The predicted molar refractivity (Wildman–Crippen MR) is 113 cm³/mol. The fourth-order valence-corrected chi connectivity index (χ4v) is 3.21. The van der Waals surface area contributed by atoms with Crippen molar-refractivity contribution in [3.8, 4) is 12.3 Å². The number of carbonyl (C=O) groups excluding carboxylic acids is 2. The van der Waals surface area contributed by atoms with Gasteiger partial charge in [0, 0.05) is 0 Å². The summed E-state index contributed by atoms with van der Waals surface area (Å²) in [5, 5.41) is 0.